The predicted molar refractivity (Wildman–Crippen MR) is 60.8 cm³/mol. The summed E-state index contributed by atoms with van der Waals surface area (Å²) in [5.41, 5.74) is -2.24. The van der Waals surface area contributed by atoms with Crippen molar-refractivity contribution in [3.63, 3.8) is 0 Å². The molecule has 0 aliphatic carbocycles. The molecule has 0 saturated heterocycles. The maximum Gasteiger partial charge on any atom is 0.336 e. The first-order valence-electron chi connectivity index (χ1n) is 5.54. The van der Waals surface area contributed by atoms with Gasteiger partial charge in [0.1, 0.15) is 5.66 Å². The summed E-state index contributed by atoms with van der Waals surface area (Å²) in [4.78, 5) is 0. The van der Waals surface area contributed by atoms with E-state index >= 15 is 0 Å². The SMILES string of the molecule is CCC(F)(F)CC(C(F)C(C)(F)F)P(=O)(OC)OC. The van der Waals surface area contributed by atoms with Gasteiger partial charge >= 0.3 is 7.60 Å². The molecule has 0 spiro atoms. The Labute approximate surface area is 109 Å². The van der Waals surface area contributed by atoms with E-state index in [1.807, 2.05) is 0 Å². The molecule has 0 amide bonds. The van der Waals surface area contributed by atoms with Gasteiger partial charge in [-0.05, 0) is 0 Å². The summed E-state index contributed by atoms with van der Waals surface area (Å²) in [6, 6.07) is 0. The van der Waals surface area contributed by atoms with E-state index in [0.717, 1.165) is 21.1 Å². The second-order valence-corrected chi connectivity index (χ2v) is 6.72. The zero-order valence-corrected chi connectivity index (χ0v) is 12.0. The molecular weight excluding hydrogens is 294 g/mol. The molecule has 0 aliphatic rings. The fourth-order valence-corrected chi connectivity index (χ4v) is 3.27. The normalized spacial score (nSPS) is 17.3. The third-order valence-corrected chi connectivity index (χ3v) is 5.04. The quantitative estimate of drug-likeness (QED) is 0.496. The van der Waals surface area contributed by atoms with Crippen LogP contribution in [0.4, 0.5) is 22.0 Å². The Hall–Kier alpha value is -0.200. The Morgan fingerprint density at radius 2 is 1.58 bits per heavy atom. The van der Waals surface area contributed by atoms with Gasteiger partial charge in [-0.15, -0.1) is 0 Å². The molecule has 0 saturated carbocycles. The number of hydrogen-bond acceptors (Lipinski definition) is 3. The van der Waals surface area contributed by atoms with E-state index in [9.17, 15) is 26.5 Å². The van der Waals surface area contributed by atoms with Crippen LogP contribution >= 0.6 is 7.60 Å². The van der Waals surface area contributed by atoms with Crippen LogP contribution in [0.15, 0.2) is 0 Å². The third-order valence-electron chi connectivity index (χ3n) is 2.76. The second kappa shape index (κ2) is 6.50. The summed E-state index contributed by atoms with van der Waals surface area (Å²) in [5, 5.41) is 0. The average molecular weight is 312 g/mol. The maximum atomic E-state index is 13.7. The van der Waals surface area contributed by atoms with Crippen LogP contribution in [0.3, 0.4) is 0 Å². The molecule has 0 aromatic heterocycles. The maximum absolute atomic E-state index is 13.7. The van der Waals surface area contributed by atoms with Crippen molar-refractivity contribution < 1.29 is 35.6 Å². The standard InChI is InChI=1S/C10H18F5O3P/c1-5-10(14,15)6-7(8(11)9(2,12)13)19(16,17-3)18-4/h7-8H,5-6H2,1-4H3. The molecule has 19 heavy (non-hydrogen) atoms. The topological polar surface area (TPSA) is 35.5 Å². The van der Waals surface area contributed by atoms with Gasteiger partial charge in [0, 0.05) is 34.0 Å². The minimum Gasteiger partial charge on any atom is -0.312 e. The highest BCUT2D eigenvalue weighted by atomic mass is 31.2. The van der Waals surface area contributed by atoms with E-state index in [-0.39, 0.29) is 6.92 Å². The Morgan fingerprint density at radius 3 is 1.84 bits per heavy atom. The van der Waals surface area contributed by atoms with Crippen molar-refractivity contribution in [3.8, 4) is 0 Å². The van der Waals surface area contributed by atoms with Gasteiger partial charge in [-0.2, -0.15) is 0 Å². The van der Waals surface area contributed by atoms with E-state index < -0.39 is 44.1 Å². The minimum atomic E-state index is -4.39. The lowest BCUT2D eigenvalue weighted by molar-refractivity contribution is -0.0775. The van der Waals surface area contributed by atoms with Crippen LogP contribution < -0.4 is 0 Å². The highest BCUT2D eigenvalue weighted by Crippen LogP contribution is 2.58. The first-order chi connectivity index (χ1) is 8.43. The van der Waals surface area contributed by atoms with Crippen molar-refractivity contribution >= 4 is 7.60 Å². The van der Waals surface area contributed by atoms with Crippen molar-refractivity contribution in [1.29, 1.82) is 0 Å². The van der Waals surface area contributed by atoms with Gasteiger partial charge < -0.3 is 9.05 Å². The lowest BCUT2D eigenvalue weighted by Crippen LogP contribution is -2.40. The molecule has 116 valence electrons. The molecule has 3 nitrogen and oxygen atoms in total. The lowest BCUT2D eigenvalue weighted by Gasteiger charge is -2.31. The van der Waals surface area contributed by atoms with E-state index in [2.05, 4.69) is 9.05 Å². The first-order valence-corrected chi connectivity index (χ1v) is 7.15. The molecule has 0 rings (SSSR count). The monoisotopic (exact) mass is 312 g/mol. The Bertz CT molecular complexity index is 324. The van der Waals surface area contributed by atoms with Crippen LogP contribution in [0.5, 0.6) is 0 Å². The van der Waals surface area contributed by atoms with E-state index in [1.165, 1.54) is 0 Å². The van der Waals surface area contributed by atoms with Crippen molar-refractivity contribution in [2.45, 2.75) is 50.4 Å². The van der Waals surface area contributed by atoms with Gasteiger partial charge in [-0.1, -0.05) is 6.92 Å². The van der Waals surface area contributed by atoms with Gasteiger partial charge in [0.25, 0.3) is 5.92 Å². The molecule has 0 aliphatic heterocycles. The first kappa shape index (κ1) is 18.8. The zero-order chi connectivity index (χ0) is 15.5. The molecule has 9 heteroatoms. The van der Waals surface area contributed by atoms with E-state index in [4.69, 9.17) is 0 Å². The highest BCUT2D eigenvalue weighted by Gasteiger charge is 2.53. The number of hydrogen-bond donors (Lipinski definition) is 0. The second-order valence-electron chi connectivity index (χ2n) is 4.24. The van der Waals surface area contributed by atoms with Gasteiger partial charge in [0.15, 0.2) is 6.17 Å². The fourth-order valence-electron chi connectivity index (χ4n) is 1.51. The highest BCUT2D eigenvalue weighted by molar-refractivity contribution is 7.54. The number of rotatable bonds is 8. The van der Waals surface area contributed by atoms with Gasteiger partial charge in [-0.3, -0.25) is 4.57 Å². The molecule has 0 fully saturated rings. The van der Waals surface area contributed by atoms with Crippen LogP contribution in [0.25, 0.3) is 0 Å². The summed E-state index contributed by atoms with van der Waals surface area (Å²) >= 11 is 0. The number of halogens is 5. The predicted octanol–water partition coefficient (Wildman–Crippen LogP) is 4.27. The van der Waals surface area contributed by atoms with Crippen LogP contribution in [-0.2, 0) is 13.6 Å². The molecule has 0 radical (unpaired) electrons. The van der Waals surface area contributed by atoms with Crippen molar-refractivity contribution in [2.24, 2.45) is 0 Å². The van der Waals surface area contributed by atoms with Gasteiger partial charge in [-0.25, -0.2) is 22.0 Å². The van der Waals surface area contributed by atoms with Crippen LogP contribution in [-0.4, -0.2) is 37.9 Å². The molecule has 2 unspecified atom stereocenters. The van der Waals surface area contributed by atoms with Crippen LogP contribution in [0.1, 0.15) is 26.7 Å². The summed E-state index contributed by atoms with van der Waals surface area (Å²) < 4.78 is 87.1. The zero-order valence-electron chi connectivity index (χ0n) is 11.1. The van der Waals surface area contributed by atoms with Crippen molar-refractivity contribution in [1.82, 2.24) is 0 Å². The molecule has 2 atom stereocenters. The van der Waals surface area contributed by atoms with Crippen molar-refractivity contribution in [2.75, 3.05) is 14.2 Å². The molecule has 0 bridgehead atoms. The third kappa shape index (κ3) is 5.00. The summed E-state index contributed by atoms with van der Waals surface area (Å²) in [6.45, 7) is 1.34. The minimum absolute atomic E-state index is 0.227. The summed E-state index contributed by atoms with van der Waals surface area (Å²) in [7, 11) is -2.72. The molecule has 0 heterocycles. The van der Waals surface area contributed by atoms with Gasteiger partial charge in [0.2, 0.25) is 5.92 Å². The largest absolute Gasteiger partial charge is 0.336 e. The summed E-state index contributed by atoms with van der Waals surface area (Å²) in [6.07, 6.45) is -5.10. The van der Waals surface area contributed by atoms with Crippen molar-refractivity contribution in [3.05, 3.63) is 0 Å². The van der Waals surface area contributed by atoms with Crippen LogP contribution in [0, 0.1) is 0 Å². The summed E-state index contributed by atoms with van der Waals surface area (Å²) in [5.74, 6) is -7.37. The molecule has 0 aromatic carbocycles. The van der Waals surface area contributed by atoms with E-state index in [0.29, 0.717) is 0 Å². The Kier molecular flexibility index (Phi) is 6.43. The van der Waals surface area contributed by atoms with Crippen LogP contribution in [0.2, 0.25) is 0 Å². The molecule has 0 aromatic rings. The van der Waals surface area contributed by atoms with E-state index in [1.54, 1.807) is 0 Å². The average Bonchev–Trinajstić information content (AvgIpc) is 2.33. The molecular formula is C10H18F5O3P. The molecule has 0 N–H and O–H groups in total. The Balaban J connectivity index is 5.45. The fraction of sp³-hybridized carbons (Fsp3) is 1.00. The van der Waals surface area contributed by atoms with Gasteiger partial charge in [0.05, 0.1) is 0 Å². The number of alkyl halides is 5. The Morgan fingerprint density at radius 1 is 1.16 bits per heavy atom. The smallest absolute Gasteiger partial charge is 0.312 e. The lowest BCUT2D eigenvalue weighted by atomic mass is 10.0.